The van der Waals surface area contributed by atoms with Gasteiger partial charge < -0.3 is 19.2 Å². The highest BCUT2D eigenvalue weighted by atomic mass is 16.5. The van der Waals surface area contributed by atoms with Crippen molar-refractivity contribution in [2.75, 3.05) is 14.2 Å². The van der Waals surface area contributed by atoms with Crippen molar-refractivity contribution in [1.82, 2.24) is 10.3 Å². The number of oxazole rings is 1. The van der Waals surface area contributed by atoms with E-state index < -0.39 is 0 Å². The maximum absolute atomic E-state index is 12.1. The van der Waals surface area contributed by atoms with E-state index in [4.69, 9.17) is 13.9 Å². The zero-order valence-electron chi connectivity index (χ0n) is 15.1. The molecule has 6 nitrogen and oxygen atoms in total. The van der Waals surface area contributed by atoms with Gasteiger partial charge in [0.15, 0.2) is 5.76 Å². The number of carbonyl (C=O) groups excluding carboxylic acids is 1. The van der Waals surface area contributed by atoms with Crippen LogP contribution in [0.4, 0.5) is 0 Å². The third-order valence-corrected chi connectivity index (χ3v) is 3.88. The Morgan fingerprint density at radius 2 is 1.96 bits per heavy atom. The third kappa shape index (κ3) is 4.76. The Hall–Kier alpha value is -3.54. The summed E-state index contributed by atoms with van der Waals surface area (Å²) in [6, 6.07) is 15.1. The highest BCUT2D eigenvalue weighted by Crippen LogP contribution is 2.25. The molecule has 0 spiro atoms. The predicted molar refractivity (Wildman–Crippen MR) is 102 cm³/mol. The van der Waals surface area contributed by atoms with Crippen LogP contribution in [0, 0.1) is 0 Å². The Labute approximate surface area is 157 Å². The molecule has 3 rings (SSSR count). The van der Waals surface area contributed by atoms with Gasteiger partial charge in [-0.1, -0.05) is 30.3 Å². The molecule has 0 saturated carbocycles. The summed E-state index contributed by atoms with van der Waals surface area (Å²) in [5.74, 6) is 2.16. The average molecular weight is 364 g/mol. The SMILES string of the molecule is COc1ccc(C=CC(=O)NCc2ncc(-c3ccccc3)o2)c(OC)c1. The first-order chi connectivity index (χ1) is 13.2. The van der Waals surface area contributed by atoms with Gasteiger partial charge in [0.25, 0.3) is 0 Å². The molecule has 138 valence electrons. The molecule has 1 aromatic heterocycles. The van der Waals surface area contributed by atoms with Crippen LogP contribution in [0.3, 0.4) is 0 Å². The topological polar surface area (TPSA) is 73.6 Å². The normalized spacial score (nSPS) is 10.7. The van der Waals surface area contributed by atoms with Crippen molar-refractivity contribution < 1.29 is 18.7 Å². The summed E-state index contributed by atoms with van der Waals surface area (Å²) in [6.45, 7) is 0.204. The smallest absolute Gasteiger partial charge is 0.244 e. The number of nitrogens with one attached hydrogen (secondary N) is 1. The van der Waals surface area contributed by atoms with Gasteiger partial charge in [-0.15, -0.1) is 0 Å². The van der Waals surface area contributed by atoms with Crippen LogP contribution < -0.4 is 14.8 Å². The molecule has 0 radical (unpaired) electrons. The van der Waals surface area contributed by atoms with E-state index in [0.717, 1.165) is 11.1 Å². The number of hydrogen-bond acceptors (Lipinski definition) is 5. The molecule has 0 fully saturated rings. The number of ether oxygens (including phenoxy) is 2. The fourth-order valence-electron chi connectivity index (χ4n) is 2.47. The first kappa shape index (κ1) is 18.3. The van der Waals surface area contributed by atoms with Crippen molar-refractivity contribution in [1.29, 1.82) is 0 Å². The van der Waals surface area contributed by atoms with Gasteiger partial charge >= 0.3 is 0 Å². The van der Waals surface area contributed by atoms with E-state index in [1.165, 1.54) is 6.08 Å². The molecule has 6 heteroatoms. The molecule has 3 aromatic rings. The lowest BCUT2D eigenvalue weighted by atomic mass is 10.1. The minimum atomic E-state index is -0.257. The third-order valence-electron chi connectivity index (χ3n) is 3.88. The second kappa shape index (κ2) is 8.71. The second-order valence-corrected chi connectivity index (χ2v) is 5.64. The van der Waals surface area contributed by atoms with Crippen LogP contribution in [-0.4, -0.2) is 25.1 Å². The molecule has 1 N–H and O–H groups in total. The number of rotatable bonds is 7. The van der Waals surface area contributed by atoms with Crippen LogP contribution in [0.1, 0.15) is 11.5 Å². The van der Waals surface area contributed by atoms with E-state index in [1.54, 1.807) is 38.6 Å². The maximum Gasteiger partial charge on any atom is 0.244 e. The fourth-order valence-corrected chi connectivity index (χ4v) is 2.47. The van der Waals surface area contributed by atoms with Gasteiger partial charge in [-0.05, 0) is 18.2 Å². The summed E-state index contributed by atoms with van der Waals surface area (Å²) >= 11 is 0. The van der Waals surface area contributed by atoms with E-state index in [1.807, 2.05) is 36.4 Å². The quantitative estimate of drug-likeness (QED) is 0.647. The number of carbonyl (C=O) groups is 1. The predicted octanol–water partition coefficient (Wildman–Crippen LogP) is 3.69. The standard InChI is InChI=1S/C21H20N2O4/c1-25-17-10-8-16(18(12-17)26-2)9-11-20(24)22-14-21-23-13-19(27-21)15-6-4-3-5-7-15/h3-13H,14H2,1-2H3,(H,22,24). The van der Waals surface area contributed by atoms with Crippen molar-refractivity contribution in [3.05, 3.63) is 72.3 Å². The fraction of sp³-hybridized carbons (Fsp3) is 0.143. The minimum absolute atomic E-state index is 0.204. The molecule has 0 aliphatic heterocycles. The molecular weight excluding hydrogens is 344 g/mol. The van der Waals surface area contributed by atoms with E-state index in [2.05, 4.69) is 10.3 Å². The van der Waals surface area contributed by atoms with Gasteiger partial charge in [-0.25, -0.2) is 4.98 Å². The van der Waals surface area contributed by atoms with Crippen LogP contribution in [0.15, 0.2) is 65.2 Å². The summed E-state index contributed by atoms with van der Waals surface area (Å²) in [7, 11) is 3.16. The van der Waals surface area contributed by atoms with Gasteiger partial charge in [0.05, 0.1) is 27.0 Å². The number of hydrogen-bond donors (Lipinski definition) is 1. The molecule has 0 atom stereocenters. The van der Waals surface area contributed by atoms with Crippen molar-refractivity contribution >= 4 is 12.0 Å². The lowest BCUT2D eigenvalue weighted by Crippen LogP contribution is -2.20. The van der Waals surface area contributed by atoms with Crippen LogP contribution in [0.2, 0.25) is 0 Å². The van der Waals surface area contributed by atoms with Gasteiger partial charge in [-0.3, -0.25) is 4.79 Å². The van der Waals surface area contributed by atoms with Crippen molar-refractivity contribution in [3.63, 3.8) is 0 Å². The molecule has 0 aliphatic rings. The summed E-state index contributed by atoms with van der Waals surface area (Å²) in [6.07, 6.45) is 4.76. The van der Waals surface area contributed by atoms with E-state index >= 15 is 0 Å². The molecule has 27 heavy (non-hydrogen) atoms. The number of methoxy groups -OCH3 is 2. The van der Waals surface area contributed by atoms with E-state index in [0.29, 0.717) is 23.1 Å². The summed E-state index contributed by atoms with van der Waals surface area (Å²) < 4.78 is 16.1. The Morgan fingerprint density at radius 3 is 2.70 bits per heavy atom. The van der Waals surface area contributed by atoms with Crippen LogP contribution in [-0.2, 0) is 11.3 Å². The Bertz CT molecular complexity index is 932. The van der Waals surface area contributed by atoms with E-state index in [-0.39, 0.29) is 12.5 Å². The highest BCUT2D eigenvalue weighted by Gasteiger charge is 2.07. The first-order valence-electron chi connectivity index (χ1n) is 8.37. The molecule has 2 aromatic carbocycles. The molecule has 0 saturated heterocycles. The van der Waals surface area contributed by atoms with Crippen LogP contribution >= 0.6 is 0 Å². The molecule has 0 bridgehead atoms. The van der Waals surface area contributed by atoms with Gasteiger partial charge in [-0.2, -0.15) is 0 Å². The first-order valence-corrected chi connectivity index (χ1v) is 8.37. The van der Waals surface area contributed by atoms with Crippen molar-refractivity contribution in [2.45, 2.75) is 6.54 Å². The van der Waals surface area contributed by atoms with Crippen LogP contribution in [0.5, 0.6) is 11.5 Å². The zero-order chi connectivity index (χ0) is 19.1. The van der Waals surface area contributed by atoms with Gasteiger partial charge in [0, 0.05) is 23.3 Å². The Kier molecular flexibility index (Phi) is 5.89. The number of benzene rings is 2. The number of amides is 1. The molecule has 1 heterocycles. The summed E-state index contributed by atoms with van der Waals surface area (Å²) in [4.78, 5) is 16.2. The minimum Gasteiger partial charge on any atom is -0.497 e. The molecular formula is C21H20N2O4. The molecule has 0 unspecified atom stereocenters. The average Bonchev–Trinajstić information content (AvgIpc) is 3.20. The Morgan fingerprint density at radius 1 is 1.15 bits per heavy atom. The van der Waals surface area contributed by atoms with Gasteiger partial charge in [0.1, 0.15) is 11.5 Å². The summed E-state index contributed by atoms with van der Waals surface area (Å²) in [5, 5.41) is 2.75. The molecule has 1 amide bonds. The van der Waals surface area contributed by atoms with Crippen LogP contribution in [0.25, 0.3) is 17.4 Å². The van der Waals surface area contributed by atoms with Gasteiger partial charge in [0.2, 0.25) is 11.8 Å². The maximum atomic E-state index is 12.1. The largest absolute Gasteiger partial charge is 0.497 e. The highest BCUT2D eigenvalue weighted by molar-refractivity contribution is 5.92. The number of aromatic nitrogens is 1. The monoisotopic (exact) mass is 364 g/mol. The second-order valence-electron chi connectivity index (χ2n) is 5.64. The zero-order valence-corrected chi connectivity index (χ0v) is 15.1. The Balaban J connectivity index is 1.59. The lowest BCUT2D eigenvalue weighted by molar-refractivity contribution is -0.116. The number of nitrogens with zero attached hydrogens (tertiary/aromatic N) is 1. The van der Waals surface area contributed by atoms with Crippen molar-refractivity contribution in [2.24, 2.45) is 0 Å². The molecule has 0 aliphatic carbocycles. The van der Waals surface area contributed by atoms with Crippen molar-refractivity contribution in [3.8, 4) is 22.8 Å². The lowest BCUT2D eigenvalue weighted by Gasteiger charge is -2.07. The van der Waals surface area contributed by atoms with E-state index in [9.17, 15) is 4.79 Å². The summed E-state index contributed by atoms with van der Waals surface area (Å²) in [5.41, 5.74) is 1.71.